The third-order valence-electron chi connectivity index (χ3n) is 3.32. The van der Waals surface area contributed by atoms with Gasteiger partial charge in [0.15, 0.2) is 0 Å². The number of hydrogen-bond donors (Lipinski definition) is 0. The van der Waals surface area contributed by atoms with Crippen molar-refractivity contribution < 1.29 is 9.90 Å². The molecule has 0 aliphatic carbocycles. The molecule has 3 rings (SSSR count). The van der Waals surface area contributed by atoms with Crippen LogP contribution >= 0.6 is 11.6 Å². The number of carbonyl (C=O) groups excluding carboxylic acids is 1. The number of carboxylic acid groups (broad SMARTS) is 1. The molecule has 2 aromatic carbocycles. The molecule has 0 saturated carbocycles. The Labute approximate surface area is 132 Å². The first-order valence-corrected chi connectivity index (χ1v) is 7.07. The molecule has 22 heavy (non-hydrogen) atoms. The van der Waals surface area contributed by atoms with Crippen LogP contribution in [0.25, 0.3) is 16.9 Å². The average molecular weight is 312 g/mol. The molecule has 110 valence electrons. The Hall–Kier alpha value is -2.59. The summed E-state index contributed by atoms with van der Waals surface area (Å²) < 4.78 is 1.46. The van der Waals surface area contributed by atoms with Gasteiger partial charge in [-0.25, -0.2) is 4.68 Å². The summed E-state index contributed by atoms with van der Waals surface area (Å²) in [4.78, 5) is 11.4. The fourth-order valence-electron chi connectivity index (χ4n) is 2.29. The van der Waals surface area contributed by atoms with Crippen LogP contribution in [0, 0.1) is 6.92 Å². The van der Waals surface area contributed by atoms with Gasteiger partial charge >= 0.3 is 0 Å². The molecular weight excluding hydrogens is 300 g/mol. The minimum atomic E-state index is -1.27. The number of rotatable bonds is 3. The van der Waals surface area contributed by atoms with Gasteiger partial charge in [-0.1, -0.05) is 47.5 Å². The van der Waals surface area contributed by atoms with Crippen molar-refractivity contribution in [2.24, 2.45) is 0 Å². The van der Waals surface area contributed by atoms with Crippen LogP contribution in [-0.2, 0) is 0 Å². The molecule has 0 atom stereocenters. The van der Waals surface area contributed by atoms with Crippen LogP contribution in [0.4, 0.5) is 0 Å². The quantitative estimate of drug-likeness (QED) is 0.747. The second-order valence-electron chi connectivity index (χ2n) is 4.94. The van der Waals surface area contributed by atoms with Crippen molar-refractivity contribution in [2.45, 2.75) is 6.92 Å². The van der Waals surface area contributed by atoms with Crippen molar-refractivity contribution in [3.8, 4) is 16.9 Å². The lowest BCUT2D eigenvalue weighted by atomic mass is 10.1. The first-order valence-electron chi connectivity index (χ1n) is 6.69. The summed E-state index contributed by atoms with van der Waals surface area (Å²) in [5.74, 6) is -1.27. The summed E-state index contributed by atoms with van der Waals surface area (Å²) in [5, 5.41) is 16.3. The molecule has 0 unspecified atom stereocenters. The standard InChI is InChI=1S/C17H13ClN2O2/c1-11-5-4-6-12(9-11)16-13(17(21)22)10-20(19-16)15-8-3-2-7-14(15)18/h2-10H,1H3,(H,21,22)/p-1. The Bertz CT molecular complexity index is 855. The highest BCUT2D eigenvalue weighted by Crippen LogP contribution is 2.26. The molecule has 1 heterocycles. The summed E-state index contributed by atoms with van der Waals surface area (Å²) >= 11 is 6.15. The Balaban J connectivity index is 2.19. The molecule has 0 spiro atoms. The zero-order chi connectivity index (χ0) is 15.7. The number of carbonyl (C=O) groups is 1. The summed E-state index contributed by atoms with van der Waals surface area (Å²) in [6, 6.07) is 14.6. The van der Waals surface area contributed by atoms with Crippen LogP contribution < -0.4 is 5.11 Å². The number of benzene rings is 2. The van der Waals surface area contributed by atoms with Gasteiger partial charge in [-0.05, 0) is 25.1 Å². The first-order chi connectivity index (χ1) is 10.6. The number of nitrogens with zero attached hydrogens (tertiary/aromatic N) is 2. The highest BCUT2D eigenvalue weighted by atomic mass is 35.5. The summed E-state index contributed by atoms with van der Waals surface area (Å²) in [6.07, 6.45) is 1.42. The number of aromatic nitrogens is 2. The van der Waals surface area contributed by atoms with Crippen LogP contribution in [0.3, 0.4) is 0 Å². The minimum absolute atomic E-state index is 0.0329. The molecule has 0 saturated heterocycles. The average Bonchev–Trinajstić information content (AvgIpc) is 2.93. The number of aryl methyl sites for hydroxylation is 1. The van der Waals surface area contributed by atoms with Crippen LogP contribution in [0.2, 0.25) is 5.02 Å². The molecule has 0 aliphatic heterocycles. The van der Waals surface area contributed by atoms with Gasteiger partial charge in [-0.15, -0.1) is 0 Å². The minimum Gasteiger partial charge on any atom is -0.545 e. The van der Waals surface area contributed by atoms with E-state index in [0.717, 1.165) is 11.1 Å². The van der Waals surface area contributed by atoms with E-state index in [1.165, 1.54) is 10.9 Å². The van der Waals surface area contributed by atoms with E-state index >= 15 is 0 Å². The van der Waals surface area contributed by atoms with Gasteiger partial charge in [0, 0.05) is 17.3 Å². The van der Waals surface area contributed by atoms with E-state index in [2.05, 4.69) is 5.10 Å². The number of aromatic carboxylic acids is 1. The molecule has 0 amide bonds. The maximum absolute atomic E-state index is 11.4. The summed E-state index contributed by atoms with van der Waals surface area (Å²) in [5.41, 5.74) is 2.76. The normalized spacial score (nSPS) is 10.6. The van der Waals surface area contributed by atoms with Crippen molar-refractivity contribution in [2.75, 3.05) is 0 Å². The molecule has 3 aromatic rings. The predicted octanol–water partition coefficient (Wildman–Crippen LogP) is 2.86. The van der Waals surface area contributed by atoms with Crippen LogP contribution in [0.5, 0.6) is 0 Å². The van der Waals surface area contributed by atoms with Gasteiger partial charge < -0.3 is 9.90 Å². The molecule has 0 aliphatic rings. The zero-order valence-corrected chi connectivity index (χ0v) is 12.5. The van der Waals surface area contributed by atoms with Crippen molar-refractivity contribution in [3.05, 3.63) is 70.9 Å². The SMILES string of the molecule is Cc1cccc(-c2nn(-c3ccccc3Cl)cc2C(=O)[O-])c1. The van der Waals surface area contributed by atoms with E-state index < -0.39 is 5.97 Å². The van der Waals surface area contributed by atoms with Gasteiger partial charge in [-0.2, -0.15) is 5.10 Å². The molecule has 0 N–H and O–H groups in total. The molecule has 5 heteroatoms. The molecule has 0 radical (unpaired) electrons. The number of para-hydroxylation sites is 1. The predicted molar refractivity (Wildman–Crippen MR) is 83.1 cm³/mol. The van der Waals surface area contributed by atoms with Crippen molar-refractivity contribution in [3.63, 3.8) is 0 Å². The van der Waals surface area contributed by atoms with E-state index in [1.54, 1.807) is 18.2 Å². The lowest BCUT2D eigenvalue weighted by Gasteiger charge is -2.04. The number of halogens is 1. The fraction of sp³-hybridized carbons (Fsp3) is 0.0588. The van der Waals surface area contributed by atoms with Crippen LogP contribution in [0.15, 0.2) is 54.7 Å². The molecule has 0 bridgehead atoms. The molecule has 1 aromatic heterocycles. The van der Waals surface area contributed by atoms with E-state index in [0.29, 0.717) is 16.4 Å². The van der Waals surface area contributed by atoms with Crippen molar-refractivity contribution in [1.29, 1.82) is 0 Å². The monoisotopic (exact) mass is 311 g/mol. The Morgan fingerprint density at radius 3 is 2.64 bits per heavy atom. The maximum atomic E-state index is 11.4. The highest BCUT2D eigenvalue weighted by Gasteiger charge is 2.14. The van der Waals surface area contributed by atoms with E-state index in [4.69, 9.17) is 11.6 Å². The smallest absolute Gasteiger partial charge is 0.102 e. The van der Waals surface area contributed by atoms with Crippen molar-refractivity contribution in [1.82, 2.24) is 9.78 Å². The van der Waals surface area contributed by atoms with Crippen molar-refractivity contribution >= 4 is 17.6 Å². The second-order valence-corrected chi connectivity index (χ2v) is 5.35. The van der Waals surface area contributed by atoms with Gasteiger partial charge in [0.25, 0.3) is 0 Å². The Morgan fingerprint density at radius 1 is 1.18 bits per heavy atom. The van der Waals surface area contributed by atoms with Crippen LogP contribution in [0.1, 0.15) is 15.9 Å². The summed E-state index contributed by atoms with van der Waals surface area (Å²) in [7, 11) is 0. The van der Waals surface area contributed by atoms with Gasteiger partial charge in [0.2, 0.25) is 0 Å². The fourth-order valence-corrected chi connectivity index (χ4v) is 2.51. The Morgan fingerprint density at radius 2 is 1.95 bits per heavy atom. The lowest BCUT2D eigenvalue weighted by molar-refractivity contribution is -0.254. The largest absolute Gasteiger partial charge is 0.545 e. The van der Waals surface area contributed by atoms with E-state index in [-0.39, 0.29) is 5.56 Å². The molecule has 0 fully saturated rings. The maximum Gasteiger partial charge on any atom is 0.102 e. The Kier molecular flexibility index (Phi) is 3.69. The zero-order valence-electron chi connectivity index (χ0n) is 11.8. The van der Waals surface area contributed by atoms with Gasteiger partial charge in [0.05, 0.1) is 16.7 Å². The lowest BCUT2D eigenvalue weighted by Crippen LogP contribution is -2.22. The number of carboxylic acids is 1. The van der Waals surface area contributed by atoms with Gasteiger partial charge in [0.1, 0.15) is 5.69 Å². The van der Waals surface area contributed by atoms with Crippen LogP contribution in [-0.4, -0.2) is 15.7 Å². The third kappa shape index (κ3) is 2.61. The highest BCUT2D eigenvalue weighted by molar-refractivity contribution is 6.32. The topological polar surface area (TPSA) is 58.0 Å². The van der Waals surface area contributed by atoms with E-state index in [1.807, 2.05) is 37.3 Å². The second kappa shape index (κ2) is 5.66. The molecular formula is C17H12ClN2O2-. The van der Waals surface area contributed by atoms with Gasteiger partial charge in [-0.3, -0.25) is 0 Å². The van der Waals surface area contributed by atoms with E-state index in [9.17, 15) is 9.90 Å². The third-order valence-corrected chi connectivity index (χ3v) is 3.64. The molecule has 4 nitrogen and oxygen atoms in total. The number of hydrogen-bond acceptors (Lipinski definition) is 3. The first kappa shape index (κ1) is 14.4. The summed E-state index contributed by atoms with van der Waals surface area (Å²) in [6.45, 7) is 1.94.